The van der Waals surface area contributed by atoms with Gasteiger partial charge in [-0.2, -0.15) is 0 Å². The van der Waals surface area contributed by atoms with Crippen LogP contribution in [0.25, 0.3) is 0 Å². The van der Waals surface area contributed by atoms with E-state index < -0.39 is 23.3 Å². The highest BCUT2D eigenvalue weighted by Gasteiger charge is 2.31. The summed E-state index contributed by atoms with van der Waals surface area (Å²) in [4.78, 5) is 38.8. The lowest BCUT2D eigenvalue weighted by Crippen LogP contribution is -2.46. The molecule has 1 aromatic carbocycles. The molecule has 8 nitrogen and oxygen atoms in total. The summed E-state index contributed by atoms with van der Waals surface area (Å²) in [7, 11) is 0. The van der Waals surface area contributed by atoms with Crippen molar-refractivity contribution < 1.29 is 9.90 Å². The van der Waals surface area contributed by atoms with Crippen LogP contribution in [0.4, 0.5) is 10.6 Å². The number of carbonyl (C=O) groups is 1. The number of unbranched alkanes of at least 4 members (excludes halogenated alkanes) is 1. The normalized spacial score (nSPS) is 16.2. The Hall–Kier alpha value is -3.03. The number of aromatic hydroxyl groups is 1. The first kappa shape index (κ1) is 15.9. The lowest BCUT2D eigenvalue weighted by atomic mass is 9.98. The first-order valence-corrected chi connectivity index (χ1v) is 7.74. The van der Waals surface area contributed by atoms with E-state index in [1.165, 1.54) is 16.7 Å². The highest BCUT2D eigenvalue weighted by atomic mass is 16.3. The van der Waals surface area contributed by atoms with Crippen molar-refractivity contribution in [1.82, 2.24) is 14.9 Å². The first-order valence-electron chi connectivity index (χ1n) is 7.74. The fourth-order valence-corrected chi connectivity index (χ4v) is 2.82. The van der Waals surface area contributed by atoms with Gasteiger partial charge in [0.2, 0.25) is 0 Å². The maximum absolute atomic E-state index is 12.4. The number of aromatic nitrogens is 2. The molecule has 8 heteroatoms. The van der Waals surface area contributed by atoms with Crippen molar-refractivity contribution in [2.24, 2.45) is 0 Å². The van der Waals surface area contributed by atoms with Gasteiger partial charge in [-0.3, -0.25) is 19.7 Å². The highest BCUT2D eigenvalue weighted by molar-refractivity contribution is 5.92. The topological polar surface area (TPSA) is 116 Å². The third-order valence-electron chi connectivity index (χ3n) is 3.97. The van der Waals surface area contributed by atoms with Crippen molar-refractivity contribution in [3.05, 3.63) is 56.2 Å². The number of fused-ring (bicyclic) bond motifs is 1. The minimum Gasteiger partial charge on any atom is -0.508 e. The molecule has 126 valence electrons. The number of benzene rings is 1. The van der Waals surface area contributed by atoms with Crippen LogP contribution in [0.15, 0.2) is 33.9 Å². The maximum atomic E-state index is 12.4. The number of nitrogens with zero attached hydrogens (tertiary/aromatic N) is 1. The lowest BCUT2D eigenvalue weighted by molar-refractivity contribution is 0.248. The number of rotatable bonds is 4. The average Bonchev–Trinajstić information content (AvgIpc) is 2.53. The number of carbonyl (C=O) groups excluding carboxylic acids is 1. The molecule has 3 rings (SSSR count). The van der Waals surface area contributed by atoms with Gasteiger partial charge >= 0.3 is 11.7 Å². The van der Waals surface area contributed by atoms with Crippen molar-refractivity contribution in [1.29, 1.82) is 0 Å². The summed E-state index contributed by atoms with van der Waals surface area (Å²) in [6, 6.07) is 5.03. The molecule has 4 N–H and O–H groups in total. The van der Waals surface area contributed by atoms with Gasteiger partial charge in [0.1, 0.15) is 11.6 Å². The van der Waals surface area contributed by atoms with Crippen molar-refractivity contribution in [2.75, 3.05) is 5.32 Å². The Morgan fingerprint density at radius 1 is 1.25 bits per heavy atom. The van der Waals surface area contributed by atoms with E-state index in [-0.39, 0.29) is 17.1 Å². The van der Waals surface area contributed by atoms with Crippen LogP contribution in [0.1, 0.15) is 36.9 Å². The summed E-state index contributed by atoms with van der Waals surface area (Å²) < 4.78 is 1.37. The van der Waals surface area contributed by atoms with Crippen molar-refractivity contribution >= 4 is 11.8 Å². The molecule has 0 aliphatic carbocycles. The van der Waals surface area contributed by atoms with E-state index in [2.05, 4.69) is 15.6 Å². The van der Waals surface area contributed by atoms with Crippen molar-refractivity contribution in [3.8, 4) is 5.75 Å². The third kappa shape index (κ3) is 2.78. The molecule has 0 saturated heterocycles. The van der Waals surface area contributed by atoms with E-state index in [1.807, 2.05) is 6.92 Å². The Balaban J connectivity index is 2.20. The lowest BCUT2D eigenvalue weighted by Gasteiger charge is -2.28. The SMILES string of the molecule is CCCCn1c2c(c(=O)[nH]c1=O)C(c1cccc(O)c1)NC(=O)N2. The van der Waals surface area contributed by atoms with Gasteiger partial charge in [-0.1, -0.05) is 25.5 Å². The first-order chi connectivity index (χ1) is 11.5. The fourth-order valence-electron chi connectivity index (χ4n) is 2.82. The Morgan fingerprint density at radius 3 is 2.75 bits per heavy atom. The number of urea groups is 1. The largest absolute Gasteiger partial charge is 0.508 e. The molecule has 1 aliphatic rings. The summed E-state index contributed by atoms with van der Waals surface area (Å²) in [5.74, 6) is 0.229. The van der Waals surface area contributed by atoms with Gasteiger partial charge in [-0.15, -0.1) is 0 Å². The predicted molar refractivity (Wildman–Crippen MR) is 88.3 cm³/mol. The summed E-state index contributed by atoms with van der Waals surface area (Å²) in [6.45, 7) is 2.38. The third-order valence-corrected chi connectivity index (χ3v) is 3.97. The van der Waals surface area contributed by atoms with Gasteiger partial charge in [0.05, 0.1) is 11.6 Å². The molecule has 1 aliphatic heterocycles. The van der Waals surface area contributed by atoms with E-state index in [9.17, 15) is 19.5 Å². The number of phenols is 1. The number of nitrogens with one attached hydrogen (secondary N) is 3. The summed E-state index contributed by atoms with van der Waals surface area (Å²) in [5, 5.41) is 14.9. The number of phenolic OH excluding ortho intramolecular Hbond substituents is 1. The van der Waals surface area contributed by atoms with Crippen LogP contribution in [0, 0.1) is 0 Å². The molecule has 0 fully saturated rings. The van der Waals surface area contributed by atoms with Crippen LogP contribution in [-0.2, 0) is 6.54 Å². The molecule has 24 heavy (non-hydrogen) atoms. The number of amides is 2. The molecule has 2 heterocycles. The Kier molecular flexibility index (Phi) is 4.11. The number of hydrogen-bond donors (Lipinski definition) is 4. The summed E-state index contributed by atoms with van der Waals surface area (Å²) >= 11 is 0. The van der Waals surface area contributed by atoms with Gasteiger partial charge in [0, 0.05) is 6.54 Å². The van der Waals surface area contributed by atoms with Gasteiger partial charge < -0.3 is 10.4 Å². The molecule has 2 amide bonds. The zero-order chi connectivity index (χ0) is 17.3. The monoisotopic (exact) mass is 330 g/mol. The van der Waals surface area contributed by atoms with Gasteiger partial charge in [-0.05, 0) is 24.1 Å². The smallest absolute Gasteiger partial charge is 0.329 e. The quantitative estimate of drug-likeness (QED) is 0.675. The molecule has 2 aromatic rings. The molecule has 1 unspecified atom stereocenters. The van der Waals surface area contributed by atoms with Crippen LogP contribution in [0.2, 0.25) is 0 Å². The zero-order valence-electron chi connectivity index (χ0n) is 13.1. The molecule has 0 saturated carbocycles. The Bertz CT molecular complexity index is 900. The molecule has 1 aromatic heterocycles. The maximum Gasteiger partial charge on any atom is 0.329 e. The second-order valence-electron chi connectivity index (χ2n) is 5.65. The second-order valence-corrected chi connectivity index (χ2v) is 5.65. The zero-order valence-corrected chi connectivity index (χ0v) is 13.1. The standard InChI is InChI=1S/C16H18N4O4/c1-2-3-7-20-13-11(14(22)19-16(20)24)12(17-15(23)18-13)9-5-4-6-10(21)8-9/h4-6,8,12,21H,2-3,7H2,1H3,(H2,17,18,23)(H,19,22,24). The van der Waals surface area contributed by atoms with Crippen molar-refractivity contribution in [2.45, 2.75) is 32.4 Å². The minimum atomic E-state index is -0.752. The van der Waals surface area contributed by atoms with Crippen LogP contribution in [0.3, 0.4) is 0 Å². The van der Waals surface area contributed by atoms with Gasteiger partial charge in [0.25, 0.3) is 5.56 Å². The fraction of sp³-hybridized carbons (Fsp3) is 0.312. The molecule has 0 bridgehead atoms. The van der Waals surface area contributed by atoms with Gasteiger partial charge in [0.15, 0.2) is 0 Å². The molecule has 0 spiro atoms. The van der Waals surface area contributed by atoms with Crippen LogP contribution in [-0.4, -0.2) is 20.7 Å². The molecular formula is C16H18N4O4. The van der Waals surface area contributed by atoms with Crippen molar-refractivity contribution in [3.63, 3.8) is 0 Å². The van der Waals surface area contributed by atoms with Crippen LogP contribution in [0.5, 0.6) is 5.75 Å². The van der Waals surface area contributed by atoms with E-state index in [4.69, 9.17) is 0 Å². The molecule has 0 radical (unpaired) electrons. The van der Waals surface area contributed by atoms with Gasteiger partial charge in [-0.25, -0.2) is 9.59 Å². The van der Waals surface area contributed by atoms with E-state index >= 15 is 0 Å². The number of hydrogen-bond acceptors (Lipinski definition) is 4. The highest BCUT2D eigenvalue weighted by Crippen LogP contribution is 2.29. The number of H-pyrrole nitrogens is 1. The predicted octanol–water partition coefficient (Wildman–Crippen LogP) is 1.27. The second kappa shape index (κ2) is 6.23. The van der Waals surface area contributed by atoms with E-state index in [1.54, 1.807) is 12.1 Å². The summed E-state index contributed by atoms with van der Waals surface area (Å²) in [6.07, 6.45) is 1.60. The Morgan fingerprint density at radius 2 is 2.04 bits per heavy atom. The Labute approximate surface area is 137 Å². The van der Waals surface area contributed by atoms with E-state index in [0.29, 0.717) is 12.1 Å². The number of anilines is 1. The molecule has 1 atom stereocenters. The summed E-state index contributed by atoms with van der Waals surface area (Å²) in [5.41, 5.74) is -0.319. The number of aromatic amines is 1. The van der Waals surface area contributed by atoms with E-state index in [0.717, 1.165) is 12.8 Å². The average molecular weight is 330 g/mol. The van der Waals surface area contributed by atoms with Crippen LogP contribution >= 0.6 is 0 Å². The minimum absolute atomic E-state index is 0.0255. The molecular weight excluding hydrogens is 312 g/mol. The van der Waals surface area contributed by atoms with Crippen LogP contribution < -0.4 is 21.9 Å².